The monoisotopic (exact) mass is 183 g/mol. The number of amides is 1. The summed E-state index contributed by atoms with van der Waals surface area (Å²) in [7, 11) is 0. The molecule has 0 saturated heterocycles. The summed E-state index contributed by atoms with van der Waals surface area (Å²) >= 11 is 0. The Labute approximate surface area is 77.6 Å². The highest BCUT2D eigenvalue weighted by Crippen LogP contribution is 1.88. The van der Waals surface area contributed by atoms with Crippen LogP contribution in [0.25, 0.3) is 0 Å². The lowest BCUT2D eigenvalue weighted by atomic mass is 10.2. The molecule has 0 saturated carbocycles. The number of nitrogens with one attached hydrogen (secondary N) is 1. The second kappa shape index (κ2) is 6.06. The highest BCUT2D eigenvalue weighted by Gasteiger charge is 2.16. The minimum Gasteiger partial charge on any atom is -0.459 e. The lowest BCUT2D eigenvalue weighted by Crippen LogP contribution is -2.38. The first-order valence-corrected chi connectivity index (χ1v) is 4.02. The van der Waals surface area contributed by atoms with E-state index in [1.165, 1.54) is 0 Å². The van der Waals surface area contributed by atoms with E-state index in [1.807, 2.05) is 0 Å². The van der Waals surface area contributed by atoms with E-state index in [1.54, 1.807) is 13.8 Å². The van der Waals surface area contributed by atoms with Crippen molar-refractivity contribution in [1.29, 1.82) is 0 Å². The molecule has 0 rings (SSSR count). The summed E-state index contributed by atoms with van der Waals surface area (Å²) in [5.74, 6) is 0.762. The summed E-state index contributed by atoms with van der Waals surface area (Å²) in [6.45, 7) is 3.54. The summed E-state index contributed by atoms with van der Waals surface area (Å²) in [5.41, 5.74) is 0. The third kappa shape index (κ3) is 4.86. The maximum Gasteiger partial charge on any atom is 0.396 e. The van der Waals surface area contributed by atoms with Crippen LogP contribution in [-0.2, 0) is 14.3 Å². The minimum absolute atomic E-state index is 0.190. The number of esters is 1. The first-order chi connectivity index (χ1) is 6.11. The van der Waals surface area contributed by atoms with Crippen molar-refractivity contribution in [2.24, 2.45) is 0 Å². The molecule has 0 bridgehead atoms. The summed E-state index contributed by atoms with van der Waals surface area (Å²) < 4.78 is 4.48. The number of hydrogen-bond donors (Lipinski definition) is 1. The van der Waals surface area contributed by atoms with Gasteiger partial charge in [0.15, 0.2) is 0 Å². The molecular formula is C9H13NO3. The van der Waals surface area contributed by atoms with Crippen molar-refractivity contribution in [3.8, 4) is 12.3 Å². The first kappa shape index (κ1) is 11.5. The number of ether oxygens (including phenoxy) is 1. The highest BCUT2D eigenvalue weighted by molar-refractivity contribution is 6.32. The van der Waals surface area contributed by atoms with Gasteiger partial charge in [-0.1, -0.05) is 0 Å². The fourth-order valence-electron chi connectivity index (χ4n) is 0.707. The summed E-state index contributed by atoms with van der Waals surface area (Å²) in [5, 5.41) is 2.41. The maximum absolute atomic E-state index is 11.0. The molecule has 0 spiro atoms. The van der Waals surface area contributed by atoms with Gasteiger partial charge >= 0.3 is 11.9 Å². The maximum atomic E-state index is 11.0. The Morgan fingerprint density at radius 3 is 2.69 bits per heavy atom. The predicted molar refractivity (Wildman–Crippen MR) is 47.7 cm³/mol. The third-order valence-corrected chi connectivity index (χ3v) is 1.26. The molecule has 0 radical (unpaired) electrons. The van der Waals surface area contributed by atoms with Gasteiger partial charge in [0.2, 0.25) is 0 Å². The molecule has 1 unspecified atom stereocenters. The average Bonchev–Trinajstić information content (AvgIpc) is 2.05. The molecule has 0 aromatic heterocycles. The van der Waals surface area contributed by atoms with Crippen molar-refractivity contribution in [3.05, 3.63) is 0 Å². The predicted octanol–water partition coefficient (Wildman–Crippen LogP) is 0.0775. The van der Waals surface area contributed by atoms with Gasteiger partial charge in [-0.15, -0.1) is 12.3 Å². The molecular weight excluding hydrogens is 170 g/mol. The average molecular weight is 183 g/mol. The third-order valence-electron chi connectivity index (χ3n) is 1.26. The molecule has 1 N–H and O–H groups in total. The number of carbonyl (C=O) groups excluding carboxylic acids is 2. The van der Waals surface area contributed by atoms with E-state index in [-0.39, 0.29) is 12.6 Å². The molecule has 0 aromatic carbocycles. The van der Waals surface area contributed by atoms with Crippen molar-refractivity contribution < 1.29 is 14.3 Å². The lowest BCUT2D eigenvalue weighted by Gasteiger charge is -2.09. The van der Waals surface area contributed by atoms with Crippen LogP contribution in [0.3, 0.4) is 0 Å². The second-order valence-electron chi connectivity index (χ2n) is 2.50. The Morgan fingerprint density at radius 1 is 1.62 bits per heavy atom. The van der Waals surface area contributed by atoms with Crippen molar-refractivity contribution in [2.75, 3.05) is 6.61 Å². The molecule has 0 aromatic rings. The molecule has 0 aliphatic carbocycles. The standard InChI is InChI=1S/C9H13NO3/c1-4-6-7(3)10-8(11)9(12)13-5-2/h1,7H,5-6H2,2-3H3,(H,10,11). The van der Waals surface area contributed by atoms with Gasteiger partial charge in [-0.25, -0.2) is 4.79 Å². The molecule has 0 aliphatic rings. The van der Waals surface area contributed by atoms with E-state index >= 15 is 0 Å². The summed E-state index contributed by atoms with van der Waals surface area (Å²) in [6.07, 6.45) is 5.42. The Balaban J connectivity index is 3.87. The molecule has 0 aliphatic heterocycles. The van der Waals surface area contributed by atoms with E-state index in [9.17, 15) is 9.59 Å². The topological polar surface area (TPSA) is 55.4 Å². The summed E-state index contributed by atoms with van der Waals surface area (Å²) in [6, 6.07) is -0.207. The molecule has 4 nitrogen and oxygen atoms in total. The Morgan fingerprint density at radius 2 is 2.23 bits per heavy atom. The van der Waals surface area contributed by atoms with Gasteiger partial charge in [-0.05, 0) is 13.8 Å². The van der Waals surface area contributed by atoms with Gasteiger partial charge in [-0.2, -0.15) is 0 Å². The van der Waals surface area contributed by atoms with E-state index < -0.39 is 11.9 Å². The van der Waals surface area contributed by atoms with Gasteiger partial charge < -0.3 is 10.1 Å². The van der Waals surface area contributed by atoms with Crippen molar-refractivity contribution in [2.45, 2.75) is 26.3 Å². The van der Waals surface area contributed by atoms with Crippen LogP contribution in [0.4, 0.5) is 0 Å². The van der Waals surface area contributed by atoms with E-state index in [0.717, 1.165) is 0 Å². The molecule has 0 fully saturated rings. The molecule has 1 atom stereocenters. The van der Waals surface area contributed by atoms with Crippen LogP contribution in [-0.4, -0.2) is 24.5 Å². The lowest BCUT2D eigenvalue weighted by molar-refractivity contribution is -0.154. The van der Waals surface area contributed by atoms with E-state index in [4.69, 9.17) is 6.42 Å². The second-order valence-corrected chi connectivity index (χ2v) is 2.50. The zero-order valence-corrected chi connectivity index (χ0v) is 7.79. The largest absolute Gasteiger partial charge is 0.459 e. The quantitative estimate of drug-likeness (QED) is 0.383. The van der Waals surface area contributed by atoms with Gasteiger partial charge in [0, 0.05) is 12.5 Å². The zero-order chi connectivity index (χ0) is 10.3. The number of hydrogen-bond acceptors (Lipinski definition) is 3. The molecule has 13 heavy (non-hydrogen) atoms. The fraction of sp³-hybridized carbons (Fsp3) is 0.556. The molecule has 0 heterocycles. The molecule has 72 valence electrons. The molecule has 1 amide bonds. The van der Waals surface area contributed by atoms with Crippen molar-refractivity contribution in [3.63, 3.8) is 0 Å². The number of carbonyl (C=O) groups is 2. The van der Waals surface area contributed by atoms with Crippen LogP contribution in [0.2, 0.25) is 0 Å². The normalized spacial score (nSPS) is 11.2. The van der Waals surface area contributed by atoms with Gasteiger partial charge in [-0.3, -0.25) is 4.79 Å². The van der Waals surface area contributed by atoms with Gasteiger partial charge in [0.05, 0.1) is 6.61 Å². The number of rotatable bonds is 3. The summed E-state index contributed by atoms with van der Waals surface area (Å²) in [4.78, 5) is 21.8. The van der Waals surface area contributed by atoms with Crippen molar-refractivity contribution >= 4 is 11.9 Å². The van der Waals surface area contributed by atoms with Crippen LogP contribution in [0, 0.1) is 12.3 Å². The fourth-order valence-corrected chi connectivity index (χ4v) is 0.707. The van der Waals surface area contributed by atoms with Crippen molar-refractivity contribution in [1.82, 2.24) is 5.32 Å². The van der Waals surface area contributed by atoms with Crippen LogP contribution in [0.1, 0.15) is 20.3 Å². The van der Waals surface area contributed by atoms with E-state index in [0.29, 0.717) is 6.42 Å². The van der Waals surface area contributed by atoms with Gasteiger partial charge in [0.25, 0.3) is 0 Å². The smallest absolute Gasteiger partial charge is 0.396 e. The Kier molecular flexibility index (Phi) is 5.37. The first-order valence-electron chi connectivity index (χ1n) is 4.02. The Bertz CT molecular complexity index is 230. The zero-order valence-electron chi connectivity index (χ0n) is 7.79. The van der Waals surface area contributed by atoms with Crippen LogP contribution in [0.15, 0.2) is 0 Å². The molecule has 4 heteroatoms. The number of terminal acetylenes is 1. The van der Waals surface area contributed by atoms with Gasteiger partial charge in [0.1, 0.15) is 0 Å². The van der Waals surface area contributed by atoms with Crippen LogP contribution in [0.5, 0.6) is 0 Å². The van der Waals surface area contributed by atoms with E-state index in [2.05, 4.69) is 16.0 Å². The minimum atomic E-state index is -0.869. The SMILES string of the molecule is C#CCC(C)NC(=O)C(=O)OCC. The van der Waals surface area contributed by atoms with Crippen LogP contribution < -0.4 is 5.32 Å². The Hall–Kier alpha value is -1.50. The highest BCUT2D eigenvalue weighted by atomic mass is 16.5. The van der Waals surface area contributed by atoms with Crippen LogP contribution >= 0.6 is 0 Å².